The highest BCUT2D eigenvalue weighted by Crippen LogP contribution is 2.37. The van der Waals surface area contributed by atoms with Crippen LogP contribution in [0.4, 0.5) is 0 Å². The minimum Gasteiger partial charge on any atom is -0.472 e. The zero-order valence-corrected chi connectivity index (χ0v) is 13.3. The van der Waals surface area contributed by atoms with Crippen molar-refractivity contribution < 1.29 is 14.0 Å². The topological polar surface area (TPSA) is 65.8 Å². The summed E-state index contributed by atoms with van der Waals surface area (Å²) in [7, 11) is 1.68. The lowest BCUT2D eigenvalue weighted by Crippen LogP contribution is -2.50. The number of likely N-dealkylation sites (N-methyl/N-ethyl adjacent to an activating group) is 1. The molecule has 0 saturated carbocycles. The molecule has 0 bridgehead atoms. The summed E-state index contributed by atoms with van der Waals surface area (Å²) in [6.45, 7) is 5.61. The fraction of sp³-hybridized carbons (Fsp3) is 0.625. The normalized spacial score (nSPS) is 28.2. The molecular weight excluding hydrogens is 282 g/mol. The largest absolute Gasteiger partial charge is 0.472 e. The first-order valence-electron chi connectivity index (χ1n) is 7.83. The van der Waals surface area contributed by atoms with Gasteiger partial charge in [0.1, 0.15) is 6.26 Å². The number of carbonyl (C=O) groups is 2. The molecule has 0 spiro atoms. The molecule has 2 saturated heterocycles. The molecule has 2 fully saturated rings. The lowest BCUT2D eigenvalue weighted by atomic mass is 10.0. The van der Waals surface area contributed by atoms with Crippen molar-refractivity contribution in [1.82, 2.24) is 15.1 Å². The van der Waals surface area contributed by atoms with Crippen molar-refractivity contribution in [3.8, 4) is 0 Å². The molecule has 6 nitrogen and oxygen atoms in total. The lowest BCUT2D eigenvalue weighted by Gasteiger charge is -2.33. The monoisotopic (exact) mass is 305 g/mol. The Morgan fingerprint density at radius 2 is 2.14 bits per heavy atom. The maximum Gasteiger partial charge on any atom is 0.257 e. The summed E-state index contributed by atoms with van der Waals surface area (Å²) < 4.78 is 5.00. The molecule has 1 N–H and O–H groups in total. The van der Waals surface area contributed by atoms with Gasteiger partial charge >= 0.3 is 0 Å². The van der Waals surface area contributed by atoms with E-state index in [0.717, 1.165) is 6.42 Å². The molecule has 0 radical (unpaired) electrons. The van der Waals surface area contributed by atoms with Gasteiger partial charge in [-0.15, -0.1) is 0 Å². The van der Waals surface area contributed by atoms with Gasteiger partial charge in [-0.25, -0.2) is 0 Å². The second kappa shape index (κ2) is 5.76. The van der Waals surface area contributed by atoms with Crippen molar-refractivity contribution in [1.29, 1.82) is 0 Å². The number of furan rings is 1. The molecular formula is C16H23N3O3. The van der Waals surface area contributed by atoms with Crippen LogP contribution in [0.5, 0.6) is 0 Å². The molecule has 3 atom stereocenters. The third-order valence-electron chi connectivity index (χ3n) is 4.88. The average molecular weight is 305 g/mol. The summed E-state index contributed by atoms with van der Waals surface area (Å²) in [6, 6.07) is 2.16. The Hall–Kier alpha value is -1.82. The number of rotatable bonds is 3. The minimum absolute atomic E-state index is 0.0170. The first-order valence-corrected chi connectivity index (χ1v) is 7.83. The van der Waals surface area contributed by atoms with Crippen molar-refractivity contribution >= 4 is 11.8 Å². The second-order valence-electron chi connectivity index (χ2n) is 6.46. The van der Waals surface area contributed by atoms with E-state index in [-0.39, 0.29) is 29.9 Å². The first-order chi connectivity index (χ1) is 10.5. The Morgan fingerprint density at radius 1 is 1.36 bits per heavy atom. The van der Waals surface area contributed by atoms with E-state index in [0.29, 0.717) is 24.6 Å². The van der Waals surface area contributed by atoms with Crippen LogP contribution < -0.4 is 5.32 Å². The summed E-state index contributed by atoms with van der Waals surface area (Å²) in [5.74, 6) is 0.458. The van der Waals surface area contributed by atoms with Crippen LogP contribution in [-0.2, 0) is 4.79 Å². The molecule has 0 aliphatic carbocycles. The standard InChI is InChI=1S/C16H23N3O3/c1-10(2)19-13(15(20)17-3)6-12-7-18(8-14(12)19)16(21)11-4-5-22-9-11/h4-5,9-10,12-14H,6-8H2,1-3H3,(H,17,20)/t12-,13-,14+/m1/s1. The van der Waals surface area contributed by atoms with Gasteiger partial charge in [0.2, 0.25) is 5.91 Å². The summed E-state index contributed by atoms with van der Waals surface area (Å²) in [5, 5.41) is 2.76. The molecule has 1 aromatic heterocycles. The molecule has 0 aromatic carbocycles. The van der Waals surface area contributed by atoms with Gasteiger partial charge < -0.3 is 14.6 Å². The number of nitrogens with one attached hydrogen (secondary N) is 1. The van der Waals surface area contributed by atoms with Gasteiger partial charge in [0, 0.05) is 32.2 Å². The highest BCUT2D eigenvalue weighted by molar-refractivity contribution is 5.94. The van der Waals surface area contributed by atoms with Gasteiger partial charge in [0.05, 0.1) is 17.9 Å². The molecule has 3 rings (SSSR count). The Morgan fingerprint density at radius 3 is 2.73 bits per heavy atom. The number of likely N-dealkylation sites (tertiary alicyclic amines) is 2. The third kappa shape index (κ3) is 2.41. The molecule has 0 unspecified atom stereocenters. The maximum absolute atomic E-state index is 12.5. The quantitative estimate of drug-likeness (QED) is 0.903. The van der Waals surface area contributed by atoms with E-state index in [2.05, 4.69) is 24.1 Å². The minimum atomic E-state index is -0.0776. The van der Waals surface area contributed by atoms with Gasteiger partial charge in [0.15, 0.2) is 0 Å². The van der Waals surface area contributed by atoms with Crippen LogP contribution in [0.25, 0.3) is 0 Å². The Kier molecular flexibility index (Phi) is 3.95. The van der Waals surface area contributed by atoms with Crippen LogP contribution in [-0.4, -0.2) is 59.9 Å². The fourth-order valence-corrected chi connectivity index (χ4v) is 3.95. The highest BCUT2D eigenvalue weighted by atomic mass is 16.3. The first kappa shape index (κ1) is 15.1. The highest BCUT2D eigenvalue weighted by Gasteiger charge is 2.50. The van der Waals surface area contributed by atoms with Crippen LogP contribution in [0.3, 0.4) is 0 Å². The molecule has 2 aliphatic rings. The smallest absolute Gasteiger partial charge is 0.257 e. The van der Waals surface area contributed by atoms with Crippen molar-refractivity contribution in [2.24, 2.45) is 5.92 Å². The molecule has 6 heteroatoms. The molecule has 2 aliphatic heterocycles. The fourth-order valence-electron chi connectivity index (χ4n) is 3.95. The number of fused-ring (bicyclic) bond motifs is 1. The Bertz CT molecular complexity index is 555. The zero-order chi connectivity index (χ0) is 15.9. The number of carbonyl (C=O) groups excluding carboxylic acids is 2. The van der Waals surface area contributed by atoms with E-state index in [4.69, 9.17) is 4.42 Å². The number of hydrogen-bond acceptors (Lipinski definition) is 4. The van der Waals surface area contributed by atoms with Gasteiger partial charge in [0.25, 0.3) is 5.91 Å². The van der Waals surface area contributed by atoms with Crippen LogP contribution in [0.15, 0.2) is 23.0 Å². The van der Waals surface area contributed by atoms with E-state index >= 15 is 0 Å². The molecule has 3 heterocycles. The summed E-state index contributed by atoms with van der Waals surface area (Å²) in [4.78, 5) is 28.7. The average Bonchev–Trinajstić information content (AvgIpc) is 3.19. The lowest BCUT2D eigenvalue weighted by molar-refractivity contribution is -0.126. The number of hydrogen-bond donors (Lipinski definition) is 1. The van der Waals surface area contributed by atoms with E-state index in [1.165, 1.54) is 12.5 Å². The van der Waals surface area contributed by atoms with E-state index in [9.17, 15) is 9.59 Å². The van der Waals surface area contributed by atoms with Crippen molar-refractivity contribution in [3.63, 3.8) is 0 Å². The van der Waals surface area contributed by atoms with Crippen LogP contribution in [0, 0.1) is 5.92 Å². The number of nitrogens with zero attached hydrogens (tertiary/aromatic N) is 2. The molecule has 1 aromatic rings. The molecule has 120 valence electrons. The van der Waals surface area contributed by atoms with Gasteiger partial charge in [-0.2, -0.15) is 0 Å². The van der Waals surface area contributed by atoms with E-state index < -0.39 is 0 Å². The summed E-state index contributed by atoms with van der Waals surface area (Å²) in [5.41, 5.74) is 0.596. The Labute approximate surface area is 130 Å². The van der Waals surface area contributed by atoms with Crippen LogP contribution in [0.2, 0.25) is 0 Å². The van der Waals surface area contributed by atoms with Gasteiger partial charge in [-0.1, -0.05) is 0 Å². The predicted octanol–water partition coefficient (Wildman–Crippen LogP) is 0.949. The zero-order valence-electron chi connectivity index (χ0n) is 13.3. The summed E-state index contributed by atoms with van der Waals surface area (Å²) >= 11 is 0. The van der Waals surface area contributed by atoms with Crippen molar-refractivity contribution in [2.45, 2.75) is 38.4 Å². The SMILES string of the molecule is CNC(=O)[C@H]1C[C@@H]2CN(C(=O)c3ccoc3)C[C@@H]2N1C(C)C. The second-order valence-corrected chi connectivity index (χ2v) is 6.46. The van der Waals surface area contributed by atoms with Crippen LogP contribution in [0.1, 0.15) is 30.6 Å². The maximum atomic E-state index is 12.5. The van der Waals surface area contributed by atoms with Gasteiger partial charge in [-0.05, 0) is 32.3 Å². The summed E-state index contributed by atoms with van der Waals surface area (Å²) in [6.07, 6.45) is 3.83. The van der Waals surface area contributed by atoms with Gasteiger partial charge in [-0.3, -0.25) is 14.5 Å². The van der Waals surface area contributed by atoms with Crippen LogP contribution >= 0.6 is 0 Å². The Balaban J connectivity index is 1.75. The number of amides is 2. The molecule has 2 amide bonds. The van der Waals surface area contributed by atoms with Crippen molar-refractivity contribution in [2.75, 3.05) is 20.1 Å². The van der Waals surface area contributed by atoms with E-state index in [1.54, 1.807) is 13.1 Å². The third-order valence-corrected chi connectivity index (χ3v) is 4.88. The predicted molar refractivity (Wildman–Crippen MR) is 81.3 cm³/mol. The van der Waals surface area contributed by atoms with Crippen molar-refractivity contribution in [3.05, 3.63) is 24.2 Å². The van der Waals surface area contributed by atoms with E-state index in [1.807, 2.05) is 4.90 Å². The molecule has 22 heavy (non-hydrogen) atoms.